The second kappa shape index (κ2) is 12.5. The van der Waals surface area contributed by atoms with Crippen LogP contribution < -0.4 is 14.2 Å². The van der Waals surface area contributed by atoms with Gasteiger partial charge in [-0.2, -0.15) is 0 Å². The minimum Gasteiger partial charge on any atom is -0.502 e. The van der Waals surface area contributed by atoms with E-state index < -0.39 is 11.9 Å². The largest absolute Gasteiger partial charge is 0.502 e. The zero-order valence-corrected chi connectivity index (χ0v) is 19.0. The number of piperazine rings is 1. The van der Waals surface area contributed by atoms with Crippen molar-refractivity contribution in [2.75, 3.05) is 47.5 Å². The molecule has 0 aromatic heterocycles. The lowest BCUT2D eigenvalue weighted by Gasteiger charge is -2.35. The maximum absolute atomic E-state index is 10.1. The van der Waals surface area contributed by atoms with E-state index >= 15 is 0 Å². The summed E-state index contributed by atoms with van der Waals surface area (Å²) < 4.78 is 16.0. The van der Waals surface area contributed by atoms with Crippen LogP contribution in [0.5, 0.6) is 23.0 Å². The average molecular weight is 462 g/mol. The molecule has 3 N–H and O–H groups in total. The van der Waals surface area contributed by atoms with Crippen molar-refractivity contribution in [3.05, 3.63) is 47.5 Å². The van der Waals surface area contributed by atoms with Crippen molar-refractivity contribution in [2.45, 2.75) is 13.1 Å². The lowest BCUT2D eigenvalue weighted by molar-refractivity contribution is -0.159. The third kappa shape index (κ3) is 7.55. The fourth-order valence-electron chi connectivity index (χ4n) is 3.48. The van der Waals surface area contributed by atoms with E-state index in [0.29, 0.717) is 11.5 Å². The van der Waals surface area contributed by atoms with Gasteiger partial charge >= 0.3 is 11.9 Å². The van der Waals surface area contributed by atoms with Gasteiger partial charge in [-0.1, -0.05) is 18.2 Å². The monoisotopic (exact) mass is 462 g/mol. The zero-order chi connectivity index (χ0) is 24.4. The first-order chi connectivity index (χ1) is 15.8. The van der Waals surface area contributed by atoms with Crippen molar-refractivity contribution in [2.24, 2.45) is 0 Å². The van der Waals surface area contributed by atoms with Gasteiger partial charge in [-0.3, -0.25) is 9.80 Å². The Bertz CT molecular complexity index is 905. The van der Waals surface area contributed by atoms with Gasteiger partial charge in [0.2, 0.25) is 5.75 Å². The second-order valence-electron chi connectivity index (χ2n) is 7.32. The van der Waals surface area contributed by atoms with Crippen LogP contribution in [0.3, 0.4) is 0 Å². The molecule has 2 aromatic carbocycles. The number of carbonyl (C=O) groups is 2. The Kier molecular flexibility index (Phi) is 9.77. The molecule has 33 heavy (non-hydrogen) atoms. The number of phenols is 1. The van der Waals surface area contributed by atoms with Crippen LogP contribution >= 0.6 is 0 Å². The van der Waals surface area contributed by atoms with Crippen LogP contribution in [0.15, 0.2) is 36.4 Å². The SMILES string of the molecule is COc1ccccc1CN1CCN(Cc2cc(OC)c(O)c(OC)c2)CC1.O=C(O)C(=O)O. The maximum Gasteiger partial charge on any atom is 0.414 e. The summed E-state index contributed by atoms with van der Waals surface area (Å²) in [4.78, 5) is 23.1. The number of ether oxygens (including phenoxy) is 3. The van der Waals surface area contributed by atoms with Crippen LogP contribution in [0.2, 0.25) is 0 Å². The lowest BCUT2D eigenvalue weighted by Crippen LogP contribution is -2.45. The van der Waals surface area contributed by atoms with Crippen LogP contribution in [-0.4, -0.2) is 84.6 Å². The number of benzene rings is 2. The van der Waals surface area contributed by atoms with Gasteiger partial charge in [-0.15, -0.1) is 0 Å². The van der Waals surface area contributed by atoms with Crippen LogP contribution in [0.1, 0.15) is 11.1 Å². The quantitative estimate of drug-likeness (QED) is 0.525. The molecule has 1 fully saturated rings. The van der Waals surface area contributed by atoms with E-state index in [1.807, 2.05) is 24.3 Å². The molecule has 0 spiro atoms. The molecule has 1 heterocycles. The van der Waals surface area contributed by atoms with E-state index in [2.05, 4.69) is 21.9 Å². The van der Waals surface area contributed by atoms with Crippen LogP contribution in [0, 0.1) is 0 Å². The highest BCUT2D eigenvalue weighted by Gasteiger charge is 2.19. The number of aliphatic carboxylic acids is 2. The Morgan fingerprint density at radius 2 is 1.24 bits per heavy atom. The molecule has 10 heteroatoms. The zero-order valence-electron chi connectivity index (χ0n) is 19.0. The number of rotatable bonds is 7. The van der Waals surface area contributed by atoms with Gasteiger partial charge < -0.3 is 29.5 Å². The molecule has 0 unspecified atom stereocenters. The Morgan fingerprint density at radius 1 is 0.788 bits per heavy atom. The molecule has 0 radical (unpaired) electrons. The molecule has 180 valence electrons. The van der Waals surface area contributed by atoms with Gasteiger partial charge in [0.05, 0.1) is 21.3 Å². The molecule has 0 atom stereocenters. The number of phenolic OH excluding ortho intramolecular Hbond substituents is 1. The molecular formula is C23H30N2O8. The predicted octanol–water partition coefficient (Wildman–Crippen LogP) is 1.89. The van der Waals surface area contributed by atoms with Crippen molar-refractivity contribution < 1.29 is 39.1 Å². The van der Waals surface area contributed by atoms with Crippen molar-refractivity contribution in [3.63, 3.8) is 0 Å². The molecular weight excluding hydrogens is 432 g/mol. The number of carboxylic acids is 2. The summed E-state index contributed by atoms with van der Waals surface area (Å²) in [5.41, 5.74) is 2.29. The first kappa shape index (κ1) is 25.8. The summed E-state index contributed by atoms with van der Waals surface area (Å²) in [5, 5.41) is 24.8. The molecule has 0 bridgehead atoms. The summed E-state index contributed by atoms with van der Waals surface area (Å²) in [5.74, 6) is -1.77. The third-order valence-electron chi connectivity index (χ3n) is 5.18. The van der Waals surface area contributed by atoms with E-state index in [1.54, 1.807) is 21.3 Å². The maximum atomic E-state index is 10.1. The van der Waals surface area contributed by atoms with Gasteiger partial charge in [0.1, 0.15) is 5.75 Å². The topological polar surface area (TPSA) is 129 Å². The molecule has 0 saturated carbocycles. The molecule has 1 aliphatic heterocycles. The third-order valence-corrected chi connectivity index (χ3v) is 5.18. The molecule has 2 aromatic rings. The number of methoxy groups -OCH3 is 3. The predicted molar refractivity (Wildman–Crippen MR) is 120 cm³/mol. The van der Waals surface area contributed by atoms with Gasteiger partial charge in [0.15, 0.2) is 11.5 Å². The van der Waals surface area contributed by atoms with E-state index in [1.165, 1.54) is 5.56 Å². The molecule has 0 amide bonds. The Balaban J connectivity index is 0.000000569. The van der Waals surface area contributed by atoms with Crippen LogP contribution in [-0.2, 0) is 22.7 Å². The highest BCUT2D eigenvalue weighted by atomic mass is 16.5. The number of nitrogens with zero attached hydrogens (tertiary/aromatic N) is 2. The fourth-order valence-corrected chi connectivity index (χ4v) is 3.48. The van der Waals surface area contributed by atoms with Gasteiger partial charge in [-0.25, -0.2) is 9.59 Å². The average Bonchev–Trinajstić information content (AvgIpc) is 2.82. The van der Waals surface area contributed by atoms with Gasteiger partial charge in [-0.05, 0) is 23.8 Å². The minimum atomic E-state index is -1.82. The summed E-state index contributed by atoms with van der Waals surface area (Å²) in [6.45, 7) is 5.68. The van der Waals surface area contributed by atoms with Crippen LogP contribution in [0.25, 0.3) is 0 Å². The molecule has 10 nitrogen and oxygen atoms in total. The van der Waals surface area contributed by atoms with Crippen molar-refractivity contribution in [1.29, 1.82) is 0 Å². The molecule has 1 saturated heterocycles. The normalized spacial score (nSPS) is 14.0. The number of hydrogen-bond donors (Lipinski definition) is 3. The number of aromatic hydroxyl groups is 1. The van der Waals surface area contributed by atoms with Crippen molar-refractivity contribution in [1.82, 2.24) is 9.80 Å². The molecule has 1 aliphatic rings. The smallest absolute Gasteiger partial charge is 0.414 e. The Labute approximate surface area is 192 Å². The second-order valence-corrected chi connectivity index (χ2v) is 7.32. The van der Waals surface area contributed by atoms with E-state index in [9.17, 15) is 5.11 Å². The van der Waals surface area contributed by atoms with E-state index in [-0.39, 0.29) is 5.75 Å². The highest BCUT2D eigenvalue weighted by molar-refractivity contribution is 6.27. The molecule has 3 rings (SSSR count). The number of para-hydroxylation sites is 1. The van der Waals surface area contributed by atoms with E-state index in [4.69, 9.17) is 34.0 Å². The lowest BCUT2D eigenvalue weighted by atomic mass is 10.1. The number of hydrogen-bond acceptors (Lipinski definition) is 8. The van der Waals surface area contributed by atoms with Gasteiger partial charge in [0, 0.05) is 44.8 Å². The van der Waals surface area contributed by atoms with Gasteiger partial charge in [0.25, 0.3) is 0 Å². The molecule has 0 aliphatic carbocycles. The van der Waals surface area contributed by atoms with Crippen molar-refractivity contribution in [3.8, 4) is 23.0 Å². The van der Waals surface area contributed by atoms with Crippen LogP contribution in [0.4, 0.5) is 0 Å². The fraction of sp³-hybridized carbons (Fsp3) is 0.391. The van der Waals surface area contributed by atoms with Crippen molar-refractivity contribution >= 4 is 11.9 Å². The summed E-state index contributed by atoms with van der Waals surface area (Å²) in [7, 11) is 4.82. The number of carboxylic acid groups (broad SMARTS) is 2. The summed E-state index contributed by atoms with van der Waals surface area (Å²) in [6, 6.07) is 11.9. The standard InChI is InChI=1S/C21H28N2O4.C2H2O4/c1-25-18-7-5-4-6-17(18)15-23-10-8-22(9-11-23)14-16-12-19(26-2)21(24)20(13-16)27-3;3-1(4)2(5)6/h4-7,12-13,24H,8-11,14-15H2,1-3H3;(H,3,4)(H,5,6). The summed E-state index contributed by atoms with van der Waals surface area (Å²) >= 11 is 0. The first-order valence-corrected chi connectivity index (χ1v) is 10.3. The summed E-state index contributed by atoms with van der Waals surface area (Å²) in [6.07, 6.45) is 0. The first-order valence-electron chi connectivity index (χ1n) is 10.3. The van der Waals surface area contributed by atoms with E-state index in [0.717, 1.165) is 50.6 Å². The highest BCUT2D eigenvalue weighted by Crippen LogP contribution is 2.37. The Morgan fingerprint density at radius 3 is 1.70 bits per heavy atom. The Hall–Kier alpha value is -3.50. The minimum absolute atomic E-state index is 0.0466.